The van der Waals surface area contributed by atoms with Crippen molar-refractivity contribution in [1.29, 1.82) is 0 Å². The van der Waals surface area contributed by atoms with Crippen molar-refractivity contribution in [2.75, 3.05) is 6.54 Å². The Bertz CT molecular complexity index is 766. The van der Waals surface area contributed by atoms with E-state index in [2.05, 4.69) is 0 Å². The van der Waals surface area contributed by atoms with E-state index in [1.807, 2.05) is 35.2 Å². The zero-order chi connectivity index (χ0) is 17.3. The van der Waals surface area contributed by atoms with Crippen LogP contribution in [0.1, 0.15) is 30.0 Å². The van der Waals surface area contributed by atoms with Crippen LogP contribution in [0, 0.1) is 0 Å². The summed E-state index contributed by atoms with van der Waals surface area (Å²) < 4.78 is 0. The van der Waals surface area contributed by atoms with E-state index in [1.54, 1.807) is 12.1 Å². The number of hydrogen-bond acceptors (Lipinski definition) is 2. The minimum Gasteiger partial charge on any atom is -0.480 e. The van der Waals surface area contributed by atoms with Gasteiger partial charge in [0.05, 0.1) is 16.1 Å². The number of likely N-dealkylation sites (tertiary alicyclic amines) is 1. The van der Waals surface area contributed by atoms with Crippen LogP contribution in [0.3, 0.4) is 0 Å². The molecule has 0 radical (unpaired) electrons. The van der Waals surface area contributed by atoms with E-state index in [0.29, 0.717) is 28.0 Å². The van der Waals surface area contributed by atoms with E-state index in [1.165, 1.54) is 0 Å². The Hall–Kier alpha value is -1.26. The molecule has 3 nitrogen and oxygen atoms in total. The first-order chi connectivity index (χ1) is 11.5. The molecular formula is C18H16Cl3NO2. The van der Waals surface area contributed by atoms with Crippen molar-refractivity contribution in [3.63, 3.8) is 0 Å². The molecular weight excluding hydrogens is 369 g/mol. The quantitative estimate of drug-likeness (QED) is 0.779. The van der Waals surface area contributed by atoms with Crippen molar-refractivity contribution in [1.82, 2.24) is 4.90 Å². The van der Waals surface area contributed by atoms with Gasteiger partial charge in [-0.15, -0.1) is 0 Å². The van der Waals surface area contributed by atoms with Crippen LogP contribution in [0.4, 0.5) is 0 Å². The van der Waals surface area contributed by atoms with Crippen LogP contribution in [0.15, 0.2) is 42.5 Å². The third-order valence-electron chi connectivity index (χ3n) is 4.35. The molecule has 126 valence electrons. The second-order valence-electron chi connectivity index (χ2n) is 5.83. The lowest BCUT2D eigenvalue weighted by atomic mass is 9.96. The van der Waals surface area contributed by atoms with Crippen molar-refractivity contribution in [2.45, 2.75) is 24.9 Å². The van der Waals surface area contributed by atoms with Gasteiger partial charge in [-0.25, -0.2) is 0 Å². The molecule has 24 heavy (non-hydrogen) atoms. The lowest BCUT2D eigenvalue weighted by molar-refractivity contribution is -0.142. The van der Waals surface area contributed by atoms with Crippen molar-refractivity contribution in [2.24, 2.45) is 0 Å². The molecule has 0 spiro atoms. The molecule has 0 amide bonds. The largest absolute Gasteiger partial charge is 0.480 e. The highest BCUT2D eigenvalue weighted by Gasteiger charge is 2.37. The molecule has 1 N–H and O–H groups in total. The van der Waals surface area contributed by atoms with Crippen LogP contribution in [-0.4, -0.2) is 28.6 Å². The highest BCUT2D eigenvalue weighted by Crippen LogP contribution is 2.40. The summed E-state index contributed by atoms with van der Waals surface area (Å²) in [4.78, 5) is 13.6. The lowest BCUT2D eigenvalue weighted by Gasteiger charge is -2.32. The maximum atomic E-state index is 11.7. The minimum atomic E-state index is -0.822. The zero-order valence-electron chi connectivity index (χ0n) is 12.8. The molecule has 1 fully saturated rings. The molecule has 2 aromatic rings. The fourth-order valence-corrected chi connectivity index (χ4v) is 3.93. The molecule has 2 atom stereocenters. The van der Waals surface area contributed by atoms with Gasteiger partial charge in [0.1, 0.15) is 6.04 Å². The van der Waals surface area contributed by atoms with E-state index in [9.17, 15) is 9.90 Å². The Labute approximate surface area is 155 Å². The Morgan fingerprint density at radius 1 is 1.17 bits per heavy atom. The number of nitrogens with zero attached hydrogens (tertiary/aromatic N) is 1. The van der Waals surface area contributed by atoms with Crippen LogP contribution in [-0.2, 0) is 4.79 Å². The van der Waals surface area contributed by atoms with Crippen molar-refractivity contribution in [3.8, 4) is 0 Å². The van der Waals surface area contributed by atoms with Crippen molar-refractivity contribution < 1.29 is 9.90 Å². The fraction of sp³-hybridized carbons (Fsp3) is 0.278. The van der Waals surface area contributed by atoms with Gasteiger partial charge < -0.3 is 5.11 Å². The van der Waals surface area contributed by atoms with Crippen LogP contribution in [0.2, 0.25) is 15.1 Å². The normalized spacial score (nSPS) is 19.4. The Balaban J connectivity index is 2.14. The molecule has 1 saturated heterocycles. The standard InChI is InChI=1S/C18H16Cl3NO2/c19-12-5-1-4-11(10-12)17(13-6-2-7-14(20)16(13)21)22-9-3-8-15(22)18(23)24/h1-2,4-7,10,15,17H,3,8-9H2,(H,23,24). The van der Waals surface area contributed by atoms with Gasteiger partial charge in [0.2, 0.25) is 0 Å². The number of aliphatic carboxylic acids is 1. The van der Waals surface area contributed by atoms with Crippen LogP contribution < -0.4 is 0 Å². The molecule has 0 aliphatic carbocycles. The minimum absolute atomic E-state index is 0.307. The number of carboxylic acid groups (broad SMARTS) is 1. The van der Waals surface area contributed by atoms with Gasteiger partial charge >= 0.3 is 5.97 Å². The summed E-state index contributed by atoms with van der Waals surface area (Å²) in [6, 6.07) is 12.0. The van der Waals surface area contributed by atoms with Gasteiger partial charge in [0.25, 0.3) is 0 Å². The lowest BCUT2D eigenvalue weighted by Crippen LogP contribution is -2.39. The van der Waals surface area contributed by atoms with Gasteiger partial charge in [0, 0.05) is 11.6 Å². The molecule has 1 aliphatic rings. The third-order valence-corrected chi connectivity index (χ3v) is 5.42. The molecule has 0 bridgehead atoms. The molecule has 1 aliphatic heterocycles. The first-order valence-corrected chi connectivity index (χ1v) is 8.80. The first-order valence-electron chi connectivity index (χ1n) is 7.67. The topological polar surface area (TPSA) is 40.5 Å². The predicted octanol–water partition coefficient (Wildman–Crippen LogP) is 5.29. The number of benzene rings is 2. The fourth-order valence-electron chi connectivity index (χ4n) is 3.32. The number of halogens is 3. The van der Waals surface area contributed by atoms with Crippen molar-refractivity contribution in [3.05, 3.63) is 68.7 Å². The number of hydrogen-bond donors (Lipinski definition) is 1. The Morgan fingerprint density at radius 3 is 2.62 bits per heavy atom. The molecule has 2 unspecified atom stereocenters. The molecule has 0 aromatic heterocycles. The molecule has 6 heteroatoms. The van der Waals surface area contributed by atoms with E-state index >= 15 is 0 Å². The average Bonchev–Trinajstić information content (AvgIpc) is 3.01. The predicted molar refractivity (Wildman–Crippen MR) is 97.1 cm³/mol. The summed E-state index contributed by atoms with van der Waals surface area (Å²) >= 11 is 18.8. The molecule has 2 aromatic carbocycles. The van der Waals surface area contributed by atoms with E-state index in [4.69, 9.17) is 34.8 Å². The highest BCUT2D eigenvalue weighted by atomic mass is 35.5. The molecule has 3 rings (SSSR count). The van der Waals surface area contributed by atoms with E-state index in [0.717, 1.165) is 17.5 Å². The first kappa shape index (κ1) is 17.6. The molecule has 0 saturated carbocycles. The van der Waals surface area contributed by atoms with Gasteiger partial charge in [0.15, 0.2) is 0 Å². The number of carbonyl (C=O) groups is 1. The van der Waals surface area contributed by atoms with Gasteiger partial charge in [-0.05, 0) is 42.2 Å². The SMILES string of the molecule is O=C(O)C1CCCN1C(c1cccc(Cl)c1)c1cccc(Cl)c1Cl. The number of rotatable bonds is 4. The van der Waals surface area contributed by atoms with E-state index < -0.39 is 12.0 Å². The van der Waals surface area contributed by atoms with E-state index in [-0.39, 0.29) is 6.04 Å². The summed E-state index contributed by atoms with van der Waals surface area (Å²) in [5.41, 5.74) is 1.69. The summed E-state index contributed by atoms with van der Waals surface area (Å²) in [6.07, 6.45) is 1.44. The Morgan fingerprint density at radius 2 is 1.92 bits per heavy atom. The van der Waals surface area contributed by atoms with Crippen LogP contribution >= 0.6 is 34.8 Å². The van der Waals surface area contributed by atoms with Crippen molar-refractivity contribution >= 4 is 40.8 Å². The maximum Gasteiger partial charge on any atom is 0.320 e. The molecule has 1 heterocycles. The van der Waals surface area contributed by atoms with Gasteiger partial charge in [-0.1, -0.05) is 59.1 Å². The monoisotopic (exact) mass is 383 g/mol. The summed E-state index contributed by atoms with van der Waals surface area (Å²) in [7, 11) is 0. The zero-order valence-corrected chi connectivity index (χ0v) is 15.0. The summed E-state index contributed by atoms with van der Waals surface area (Å²) in [6.45, 7) is 0.678. The van der Waals surface area contributed by atoms with Crippen LogP contribution in [0.25, 0.3) is 0 Å². The highest BCUT2D eigenvalue weighted by molar-refractivity contribution is 6.42. The summed E-state index contributed by atoms with van der Waals surface area (Å²) in [5, 5.41) is 11.1. The van der Waals surface area contributed by atoms with Gasteiger partial charge in [-0.2, -0.15) is 0 Å². The summed E-state index contributed by atoms with van der Waals surface area (Å²) in [5.74, 6) is -0.822. The average molecular weight is 385 g/mol. The maximum absolute atomic E-state index is 11.7. The van der Waals surface area contributed by atoms with Gasteiger partial charge in [-0.3, -0.25) is 9.69 Å². The Kier molecular flexibility index (Phi) is 5.36. The third kappa shape index (κ3) is 3.40. The number of carboxylic acids is 1. The smallest absolute Gasteiger partial charge is 0.320 e. The van der Waals surface area contributed by atoms with Crippen LogP contribution in [0.5, 0.6) is 0 Å². The second kappa shape index (κ2) is 7.32. The second-order valence-corrected chi connectivity index (χ2v) is 7.06.